The maximum Gasteiger partial charge on any atom is 0.405 e. The van der Waals surface area contributed by atoms with E-state index in [2.05, 4.69) is 29.8 Å². The van der Waals surface area contributed by atoms with E-state index in [1.54, 1.807) is 11.5 Å². The number of aromatic amines is 2. The van der Waals surface area contributed by atoms with Crippen molar-refractivity contribution in [2.75, 3.05) is 27.2 Å². The van der Waals surface area contributed by atoms with E-state index in [0.717, 1.165) is 34.9 Å². The van der Waals surface area contributed by atoms with Crippen LogP contribution in [0.2, 0.25) is 0 Å². The molecule has 0 spiro atoms. The second-order valence-electron chi connectivity index (χ2n) is 8.59. The van der Waals surface area contributed by atoms with Gasteiger partial charge in [-0.2, -0.15) is 13.2 Å². The van der Waals surface area contributed by atoms with Gasteiger partial charge in [-0.15, -0.1) is 0 Å². The van der Waals surface area contributed by atoms with E-state index in [-0.39, 0.29) is 17.0 Å². The number of nitrogens with one attached hydrogen (secondary N) is 3. The molecule has 186 valence electrons. The molecule has 0 bridgehead atoms. The number of amides is 1. The number of pyridine rings is 1. The third-order valence-electron chi connectivity index (χ3n) is 5.59. The van der Waals surface area contributed by atoms with Crippen LogP contribution in [0.1, 0.15) is 24.9 Å². The first-order valence-electron chi connectivity index (χ1n) is 11.0. The van der Waals surface area contributed by atoms with Crippen LogP contribution in [-0.2, 0) is 11.2 Å². The third kappa shape index (κ3) is 5.34. The predicted molar refractivity (Wildman–Crippen MR) is 124 cm³/mol. The quantitative estimate of drug-likeness (QED) is 0.348. The summed E-state index contributed by atoms with van der Waals surface area (Å²) in [5.41, 5.74) is 2.04. The fourth-order valence-electron chi connectivity index (χ4n) is 3.83. The highest BCUT2D eigenvalue weighted by Gasteiger charge is 2.30. The number of alkyl halides is 3. The molecular weight excluding hydrogens is 465 g/mol. The smallest absolute Gasteiger partial charge is 0.345 e. The molecule has 4 rings (SSSR count). The van der Waals surface area contributed by atoms with Crippen LogP contribution in [0.5, 0.6) is 0 Å². The molecule has 4 aromatic rings. The highest BCUT2D eigenvalue weighted by molar-refractivity contribution is 5.92. The van der Waals surface area contributed by atoms with Gasteiger partial charge < -0.3 is 20.2 Å². The van der Waals surface area contributed by atoms with E-state index in [9.17, 15) is 22.8 Å². The molecule has 0 aliphatic heterocycles. The van der Waals surface area contributed by atoms with Gasteiger partial charge in [0.2, 0.25) is 5.91 Å². The van der Waals surface area contributed by atoms with Crippen molar-refractivity contribution in [1.29, 1.82) is 0 Å². The Kier molecular flexibility index (Phi) is 6.61. The Hall–Kier alpha value is -3.74. The summed E-state index contributed by atoms with van der Waals surface area (Å²) >= 11 is 0. The first kappa shape index (κ1) is 24.4. The van der Waals surface area contributed by atoms with E-state index in [4.69, 9.17) is 0 Å². The van der Waals surface area contributed by atoms with Crippen molar-refractivity contribution in [1.82, 2.24) is 39.7 Å². The van der Waals surface area contributed by atoms with Crippen molar-refractivity contribution < 1.29 is 18.0 Å². The largest absolute Gasteiger partial charge is 0.405 e. The molecule has 0 fully saturated rings. The highest BCUT2D eigenvalue weighted by Crippen LogP contribution is 2.27. The summed E-state index contributed by atoms with van der Waals surface area (Å²) in [7, 11) is 4.03. The molecule has 0 aliphatic rings. The third-order valence-corrected chi connectivity index (χ3v) is 5.59. The first-order chi connectivity index (χ1) is 16.5. The SMILES string of the molecule is CC(C(=O)NCC(F)(F)F)n1c(=O)[nH]c2cnc(-c3c[nH]c4ncc(CCCN(C)C)cc34)nc21. The number of nitrogens with zero attached hydrogens (tertiary/aromatic N) is 5. The zero-order valence-electron chi connectivity index (χ0n) is 19.4. The van der Waals surface area contributed by atoms with Gasteiger partial charge in [-0.25, -0.2) is 19.7 Å². The van der Waals surface area contributed by atoms with Crippen LogP contribution in [0.25, 0.3) is 33.6 Å². The summed E-state index contributed by atoms with van der Waals surface area (Å²) in [5.74, 6) is -0.671. The molecule has 0 aromatic carbocycles. The zero-order chi connectivity index (χ0) is 25.3. The van der Waals surface area contributed by atoms with Crippen molar-refractivity contribution in [3.05, 3.63) is 40.7 Å². The number of imidazole rings is 1. The number of carbonyl (C=O) groups is 1. The van der Waals surface area contributed by atoms with Gasteiger partial charge in [0.25, 0.3) is 0 Å². The Morgan fingerprint density at radius 2 is 2.03 bits per heavy atom. The maximum absolute atomic E-state index is 12.5. The molecule has 1 atom stereocenters. The average molecular weight is 490 g/mol. The lowest BCUT2D eigenvalue weighted by Crippen LogP contribution is -2.39. The lowest BCUT2D eigenvalue weighted by molar-refractivity contribution is -0.140. The van der Waals surface area contributed by atoms with Crippen LogP contribution in [0, 0.1) is 0 Å². The number of rotatable bonds is 8. The van der Waals surface area contributed by atoms with Crippen molar-refractivity contribution >= 4 is 28.1 Å². The number of H-pyrrole nitrogens is 2. The summed E-state index contributed by atoms with van der Waals surface area (Å²) in [4.78, 5) is 45.8. The minimum absolute atomic E-state index is 0.110. The molecule has 4 aromatic heterocycles. The standard InChI is InChI=1S/C22H25F3N8O2/c1-12(20(34)29-11-22(23,24)25)33-19-16(30-21(33)35)10-28-18(31-19)15-9-27-17-14(15)7-13(8-26-17)5-4-6-32(2)3/h7-10,12H,4-6,11H2,1-3H3,(H,26,27)(H,29,34)(H,30,35). The highest BCUT2D eigenvalue weighted by atomic mass is 19.4. The van der Waals surface area contributed by atoms with Crippen LogP contribution >= 0.6 is 0 Å². The molecule has 0 saturated heterocycles. The number of hydrogen-bond donors (Lipinski definition) is 3. The molecule has 1 unspecified atom stereocenters. The van der Waals surface area contributed by atoms with Crippen molar-refractivity contribution in [2.45, 2.75) is 32.0 Å². The van der Waals surface area contributed by atoms with Gasteiger partial charge >= 0.3 is 11.9 Å². The molecular formula is C22H25F3N8O2. The molecule has 0 saturated carbocycles. The van der Waals surface area contributed by atoms with Gasteiger partial charge in [-0.1, -0.05) is 0 Å². The second kappa shape index (κ2) is 9.49. The molecule has 13 heteroatoms. The number of aromatic nitrogens is 6. The van der Waals surface area contributed by atoms with Crippen LogP contribution < -0.4 is 11.0 Å². The minimum Gasteiger partial charge on any atom is -0.345 e. The fraction of sp³-hybridized carbons (Fsp3) is 0.409. The number of carbonyl (C=O) groups excluding carboxylic acids is 1. The number of hydrogen-bond acceptors (Lipinski definition) is 6. The Bertz CT molecular complexity index is 1420. The number of fused-ring (bicyclic) bond motifs is 2. The maximum atomic E-state index is 12.5. The summed E-state index contributed by atoms with van der Waals surface area (Å²) in [5, 5.41) is 2.60. The first-order valence-corrected chi connectivity index (χ1v) is 11.0. The zero-order valence-corrected chi connectivity index (χ0v) is 19.4. The lowest BCUT2D eigenvalue weighted by atomic mass is 10.1. The van der Waals surface area contributed by atoms with Crippen LogP contribution in [-0.4, -0.2) is 73.7 Å². The van der Waals surface area contributed by atoms with Crippen LogP contribution in [0.4, 0.5) is 13.2 Å². The molecule has 0 radical (unpaired) electrons. The molecule has 3 N–H and O–H groups in total. The van der Waals surface area contributed by atoms with Gasteiger partial charge in [0, 0.05) is 23.3 Å². The van der Waals surface area contributed by atoms with Gasteiger partial charge in [-0.3, -0.25) is 9.36 Å². The Labute approximate surface area is 197 Å². The van der Waals surface area contributed by atoms with Gasteiger partial charge in [0.05, 0.1) is 6.20 Å². The van der Waals surface area contributed by atoms with E-state index >= 15 is 0 Å². The van der Waals surface area contributed by atoms with Crippen LogP contribution in [0.3, 0.4) is 0 Å². The lowest BCUT2D eigenvalue weighted by Gasteiger charge is -2.14. The summed E-state index contributed by atoms with van der Waals surface area (Å²) in [6.07, 6.45) is 2.16. The molecule has 1 amide bonds. The minimum atomic E-state index is -4.56. The van der Waals surface area contributed by atoms with E-state index < -0.39 is 30.4 Å². The predicted octanol–water partition coefficient (Wildman–Crippen LogP) is 2.40. The monoisotopic (exact) mass is 490 g/mol. The summed E-state index contributed by atoms with van der Waals surface area (Å²) in [6, 6.07) is 0.781. The van der Waals surface area contributed by atoms with Gasteiger partial charge in [-0.05, 0) is 52.0 Å². The van der Waals surface area contributed by atoms with Gasteiger partial charge in [0.1, 0.15) is 23.8 Å². The van der Waals surface area contributed by atoms with E-state index in [1.807, 2.05) is 26.4 Å². The average Bonchev–Trinajstić information content (AvgIpc) is 3.35. The van der Waals surface area contributed by atoms with Crippen molar-refractivity contribution in [3.8, 4) is 11.4 Å². The number of aryl methyl sites for hydroxylation is 1. The topological polar surface area (TPSA) is 125 Å². The summed E-state index contributed by atoms with van der Waals surface area (Å²) < 4.78 is 38.5. The molecule has 0 aliphatic carbocycles. The Morgan fingerprint density at radius 1 is 1.26 bits per heavy atom. The Balaban J connectivity index is 1.68. The van der Waals surface area contributed by atoms with Crippen molar-refractivity contribution in [2.24, 2.45) is 0 Å². The number of halogens is 3. The molecule has 10 nitrogen and oxygen atoms in total. The second-order valence-corrected chi connectivity index (χ2v) is 8.59. The Morgan fingerprint density at radius 3 is 2.74 bits per heavy atom. The van der Waals surface area contributed by atoms with Crippen LogP contribution in [0.15, 0.2) is 29.5 Å². The van der Waals surface area contributed by atoms with E-state index in [1.165, 1.54) is 13.1 Å². The summed E-state index contributed by atoms with van der Waals surface area (Å²) in [6.45, 7) is 0.780. The van der Waals surface area contributed by atoms with Gasteiger partial charge in [0.15, 0.2) is 11.5 Å². The molecule has 4 heterocycles. The molecule has 35 heavy (non-hydrogen) atoms. The van der Waals surface area contributed by atoms with E-state index in [0.29, 0.717) is 11.2 Å². The normalized spacial score (nSPS) is 13.1. The van der Waals surface area contributed by atoms with Crippen molar-refractivity contribution in [3.63, 3.8) is 0 Å². The fourth-order valence-corrected chi connectivity index (χ4v) is 3.83.